The van der Waals surface area contributed by atoms with Crippen LogP contribution in [0, 0.1) is 0 Å². The average molecular weight is 183 g/mol. The predicted molar refractivity (Wildman–Crippen MR) is 56.8 cm³/mol. The van der Waals surface area contributed by atoms with Crippen LogP contribution >= 0.6 is 11.8 Å². The van der Waals surface area contributed by atoms with E-state index in [1.165, 1.54) is 17.9 Å². The first kappa shape index (κ1) is 9.72. The maximum atomic E-state index is 2.27. The van der Waals surface area contributed by atoms with Crippen molar-refractivity contribution in [3.8, 4) is 0 Å². The SMILES string of the molecule is CCSCCC(C)n1cccc1. The lowest BCUT2D eigenvalue weighted by molar-refractivity contribution is 0.537. The molecule has 0 N–H and O–H groups in total. The largest absolute Gasteiger partial charge is 0.352 e. The van der Waals surface area contributed by atoms with E-state index in [0.717, 1.165) is 0 Å². The van der Waals surface area contributed by atoms with Gasteiger partial charge in [-0.1, -0.05) is 6.92 Å². The van der Waals surface area contributed by atoms with Crippen LogP contribution in [0.25, 0.3) is 0 Å². The van der Waals surface area contributed by atoms with Crippen LogP contribution in [0.1, 0.15) is 26.3 Å². The minimum absolute atomic E-state index is 0.652. The number of rotatable bonds is 5. The Morgan fingerprint density at radius 2 is 2.00 bits per heavy atom. The normalized spacial score (nSPS) is 13.2. The Morgan fingerprint density at radius 3 is 2.58 bits per heavy atom. The number of hydrogen-bond donors (Lipinski definition) is 0. The maximum Gasteiger partial charge on any atom is 0.0310 e. The molecule has 0 saturated carbocycles. The molecule has 0 fully saturated rings. The standard InChI is InChI=1S/C10H17NS/c1-3-12-9-6-10(2)11-7-4-5-8-11/h4-5,7-8,10H,3,6,9H2,1-2H3. The van der Waals surface area contributed by atoms with Crippen molar-refractivity contribution in [3.05, 3.63) is 24.5 Å². The number of nitrogens with zero attached hydrogens (tertiary/aromatic N) is 1. The Kier molecular flexibility index (Phi) is 4.30. The molecule has 1 aromatic heterocycles. The van der Waals surface area contributed by atoms with Crippen molar-refractivity contribution in [1.82, 2.24) is 4.57 Å². The lowest BCUT2D eigenvalue weighted by Crippen LogP contribution is -2.03. The molecule has 1 rings (SSSR count). The summed E-state index contributed by atoms with van der Waals surface area (Å²) in [5.41, 5.74) is 0. The molecule has 0 aliphatic carbocycles. The topological polar surface area (TPSA) is 4.93 Å². The quantitative estimate of drug-likeness (QED) is 0.635. The summed E-state index contributed by atoms with van der Waals surface area (Å²) in [6, 6.07) is 4.83. The van der Waals surface area contributed by atoms with Gasteiger partial charge in [0.1, 0.15) is 0 Å². The molecule has 1 aromatic rings. The van der Waals surface area contributed by atoms with Gasteiger partial charge < -0.3 is 4.57 Å². The number of aromatic nitrogens is 1. The molecule has 0 aromatic carbocycles. The fourth-order valence-electron chi connectivity index (χ4n) is 1.19. The van der Waals surface area contributed by atoms with Crippen LogP contribution in [0.2, 0.25) is 0 Å². The van der Waals surface area contributed by atoms with E-state index < -0.39 is 0 Å². The predicted octanol–water partition coefficient (Wildman–Crippen LogP) is 3.19. The van der Waals surface area contributed by atoms with E-state index in [9.17, 15) is 0 Å². The molecule has 0 amide bonds. The minimum atomic E-state index is 0.652. The molecule has 1 unspecified atom stereocenters. The molecular weight excluding hydrogens is 166 g/mol. The van der Waals surface area contributed by atoms with Crippen LogP contribution in [0.15, 0.2) is 24.5 Å². The summed E-state index contributed by atoms with van der Waals surface area (Å²) in [7, 11) is 0. The molecule has 12 heavy (non-hydrogen) atoms. The van der Waals surface area contributed by atoms with Crippen molar-refractivity contribution in [2.75, 3.05) is 11.5 Å². The van der Waals surface area contributed by atoms with Gasteiger partial charge in [-0.05, 0) is 37.0 Å². The van der Waals surface area contributed by atoms with E-state index in [0.29, 0.717) is 6.04 Å². The third kappa shape index (κ3) is 2.94. The Morgan fingerprint density at radius 1 is 1.33 bits per heavy atom. The van der Waals surface area contributed by atoms with Crippen molar-refractivity contribution in [2.45, 2.75) is 26.3 Å². The van der Waals surface area contributed by atoms with Crippen molar-refractivity contribution < 1.29 is 0 Å². The summed E-state index contributed by atoms with van der Waals surface area (Å²) in [5, 5.41) is 0. The summed E-state index contributed by atoms with van der Waals surface area (Å²) >= 11 is 2.02. The van der Waals surface area contributed by atoms with Crippen molar-refractivity contribution in [3.63, 3.8) is 0 Å². The average Bonchev–Trinajstić information content (AvgIpc) is 2.56. The first-order valence-corrected chi connectivity index (χ1v) is 5.70. The molecule has 2 heteroatoms. The highest BCUT2D eigenvalue weighted by molar-refractivity contribution is 7.99. The molecule has 0 bridgehead atoms. The molecular formula is C10H17NS. The Bertz CT molecular complexity index is 194. The summed E-state index contributed by atoms with van der Waals surface area (Å²) in [4.78, 5) is 0. The second-order valence-electron chi connectivity index (χ2n) is 2.96. The molecule has 1 atom stereocenters. The summed E-state index contributed by atoms with van der Waals surface area (Å²) in [6.45, 7) is 4.49. The molecule has 0 aliphatic rings. The van der Waals surface area contributed by atoms with Crippen molar-refractivity contribution >= 4 is 11.8 Å². The second-order valence-corrected chi connectivity index (χ2v) is 4.36. The Hall–Kier alpha value is -0.370. The smallest absolute Gasteiger partial charge is 0.0310 e. The third-order valence-corrected chi connectivity index (χ3v) is 2.95. The van der Waals surface area contributed by atoms with Gasteiger partial charge in [-0.3, -0.25) is 0 Å². The van der Waals surface area contributed by atoms with Gasteiger partial charge in [-0.25, -0.2) is 0 Å². The van der Waals surface area contributed by atoms with Gasteiger partial charge in [-0.2, -0.15) is 11.8 Å². The van der Waals surface area contributed by atoms with Gasteiger partial charge >= 0.3 is 0 Å². The highest BCUT2D eigenvalue weighted by Crippen LogP contribution is 2.14. The molecule has 68 valence electrons. The molecule has 0 spiro atoms. The molecule has 1 heterocycles. The van der Waals surface area contributed by atoms with E-state index >= 15 is 0 Å². The second kappa shape index (κ2) is 5.31. The first-order valence-electron chi connectivity index (χ1n) is 4.54. The van der Waals surface area contributed by atoms with Crippen molar-refractivity contribution in [1.29, 1.82) is 0 Å². The van der Waals surface area contributed by atoms with Gasteiger partial charge in [-0.15, -0.1) is 0 Å². The molecule has 0 saturated heterocycles. The summed E-state index contributed by atoms with van der Waals surface area (Å²) in [5.74, 6) is 2.51. The summed E-state index contributed by atoms with van der Waals surface area (Å²) in [6.07, 6.45) is 5.55. The van der Waals surface area contributed by atoms with Gasteiger partial charge in [0.05, 0.1) is 0 Å². The van der Waals surface area contributed by atoms with Crippen LogP contribution in [0.4, 0.5) is 0 Å². The fraction of sp³-hybridized carbons (Fsp3) is 0.600. The molecule has 0 aliphatic heterocycles. The van der Waals surface area contributed by atoms with Crippen LogP contribution in [0.5, 0.6) is 0 Å². The first-order chi connectivity index (χ1) is 5.84. The number of hydrogen-bond acceptors (Lipinski definition) is 1. The Labute approximate surface area is 79.2 Å². The zero-order chi connectivity index (χ0) is 8.81. The monoisotopic (exact) mass is 183 g/mol. The van der Waals surface area contributed by atoms with Crippen LogP contribution < -0.4 is 0 Å². The maximum absolute atomic E-state index is 2.27. The third-order valence-electron chi connectivity index (χ3n) is 2.02. The minimum Gasteiger partial charge on any atom is -0.352 e. The lowest BCUT2D eigenvalue weighted by Gasteiger charge is -2.12. The van der Waals surface area contributed by atoms with Crippen molar-refractivity contribution in [2.24, 2.45) is 0 Å². The number of thioether (sulfide) groups is 1. The van der Waals surface area contributed by atoms with E-state index in [1.807, 2.05) is 11.8 Å². The van der Waals surface area contributed by atoms with Crippen LogP contribution in [-0.2, 0) is 0 Å². The fourth-order valence-corrected chi connectivity index (χ4v) is 1.99. The van der Waals surface area contributed by atoms with E-state index in [4.69, 9.17) is 0 Å². The zero-order valence-corrected chi connectivity index (χ0v) is 8.68. The van der Waals surface area contributed by atoms with Gasteiger partial charge in [0.25, 0.3) is 0 Å². The molecule has 0 radical (unpaired) electrons. The van der Waals surface area contributed by atoms with E-state index in [-0.39, 0.29) is 0 Å². The Balaban J connectivity index is 2.25. The van der Waals surface area contributed by atoms with Gasteiger partial charge in [0.2, 0.25) is 0 Å². The van der Waals surface area contributed by atoms with Gasteiger partial charge in [0.15, 0.2) is 0 Å². The zero-order valence-electron chi connectivity index (χ0n) is 7.86. The van der Waals surface area contributed by atoms with E-state index in [2.05, 4.69) is 42.9 Å². The highest BCUT2D eigenvalue weighted by atomic mass is 32.2. The summed E-state index contributed by atoms with van der Waals surface area (Å²) < 4.78 is 2.27. The van der Waals surface area contributed by atoms with Crippen LogP contribution in [-0.4, -0.2) is 16.1 Å². The van der Waals surface area contributed by atoms with Gasteiger partial charge in [0, 0.05) is 18.4 Å². The lowest BCUT2D eigenvalue weighted by atomic mass is 10.2. The molecule has 1 nitrogen and oxygen atoms in total. The van der Waals surface area contributed by atoms with E-state index in [1.54, 1.807) is 0 Å². The highest BCUT2D eigenvalue weighted by Gasteiger charge is 2.01. The van der Waals surface area contributed by atoms with Crippen LogP contribution in [0.3, 0.4) is 0 Å².